The molecule has 1 saturated heterocycles. The fraction of sp³-hybridized carbons (Fsp3) is 0.615. The van der Waals surface area contributed by atoms with E-state index < -0.39 is 15.4 Å². The minimum atomic E-state index is -3.55. The summed E-state index contributed by atoms with van der Waals surface area (Å²) in [4.78, 5) is 13.7. The predicted octanol–water partition coefficient (Wildman–Crippen LogP) is 1.29. The summed E-state index contributed by atoms with van der Waals surface area (Å²) >= 11 is 1.09. The van der Waals surface area contributed by atoms with Gasteiger partial charge in [0.1, 0.15) is 9.90 Å². The maximum absolute atomic E-state index is 12.0. The molecule has 2 rings (SSSR count). The van der Waals surface area contributed by atoms with Crippen molar-refractivity contribution in [2.45, 2.75) is 37.2 Å². The number of thiophene rings is 1. The van der Waals surface area contributed by atoms with Gasteiger partial charge in [0.2, 0.25) is 0 Å². The van der Waals surface area contributed by atoms with Crippen LogP contribution in [0.4, 0.5) is 10.7 Å². The third-order valence-corrected chi connectivity index (χ3v) is 6.19. The van der Waals surface area contributed by atoms with Crippen molar-refractivity contribution in [1.82, 2.24) is 0 Å². The summed E-state index contributed by atoms with van der Waals surface area (Å²) < 4.78 is 24.1. The topological polar surface area (TPSA) is 101 Å². The highest BCUT2D eigenvalue weighted by atomic mass is 32.2. The molecule has 0 aliphatic carbocycles. The van der Waals surface area contributed by atoms with Crippen molar-refractivity contribution in [2.24, 2.45) is 0 Å². The molecular weight excluding hydrogens is 312 g/mol. The van der Waals surface area contributed by atoms with Crippen molar-refractivity contribution >= 4 is 37.6 Å². The van der Waals surface area contributed by atoms with Gasteiger partial charge in [0, 0.05) is 26.3 Å². The van der Waals surface area contributed by atoms with Crippen LogP contribution < -0.4 is 10.6 Å². The standard InChI is InChI=1S/C13H20N2O4S2/c1-8(16)10-9(14)11(21(3,18)19)12(20-10)15-6-4-5-13(2,17)7-15/h17H,4-7,14H2,1-3H3. The van der Waals surface area contributed by atoms with Crippen LogP contribution in [-0.2, 0) is 9.84 Å². The fourth-order valence-electron chi connectivity index (χ4n) is 2.64. The van der Waals surface area contributed by atoms with Gasteiger partial charge in [-0.05, 0) is 19.8 Å². The van der Waals surface area contributed by atoms with E-state index in [4.69, 9.17) is 5.73 Å². The molecule has 0 amide bonds. The van der Waals surface area contributed by atoms with E-state index in [0.717, 1.165) is 24.0 Å². The molecule has 0 saturated carbocycles. The lowest BCUT2D eigenvalue weighted by Crippen LogP contribution is -2.46. The number of anilines is 2. The van der Waals surface area contributed by atoms with E-state index in [2.05, 4.69) is 0 Å². The van der Waals surface area contributed by atoms with Gasteiger partial charge >= 0.3 is 0 Å². The lowest BCUT2D eigenvalue weighted by atomic mass is 9.95. The van der Waals surface area contributed by atoms with Crippen molar-refractivity contribution in [1.29, 1.82) is 0 Å². The number of ketones is 1. The number of piperidine rings is 1. The second kappa shape index (κ2) is 5.26. The Hall–Kier alpha value is -1.12. The summed E-state index contributed by atoms with van der Waals surface area (Å²) in [6, 6.07) is 0. The highest BCUT2D eigenvalue weighted by Crippen LogP contribution is 2.43. The Morgan fingerprint density at radius 3 is 2.57 bits per heavy atom. The smallest absolute Gasteiger partial charge is 0.180 e. The lowest BCUT2D eigenvalue weighted by Gasteiger charge is -2.37. The van der Waals surface area contributed by atoms with Gasteiger partial charge in [0.05, 0.1) is 16.2 Å². The molecule has 8 heteroatoms. The van der Waals surface area contributed by atoms with E-state index in [1.54, 1.807) is 6.92 Å². The molecule has 3 N–H and O–H groups in total. The van der Waals surface area contributed by atoms with Crippen LogP contribution >= 0.6 is 11.3 Å². The number of carbonyl (C=O) groups is 1. The first-order valence-electron chi connectivity index (χ1n) is 6.63. The Bertz CT molecular complexity index is 677. The molecule has 21 heavy (non-hydrogen) atoms. The van der Waals surface area contributed by atoms with Gasteiger partial charge in [-0.15, -0.1) is 11.3 Å². The molecule has 1 aliphatic rings. The maximum Gasteiger partial charge on any atom is 0.180 e. The minimum absolute atomic E-state index is 0.00963. The summed E-state index contributed by atoms with van der Waals surface area (Å²) in [5, 5.41) is 10.7. The third kappa shape index (κ3) is 3.22. The number of carbonyl (C=O) groups excluding carboxylic acids is 1. The number of nitrogens with two attached hydrogens (primary N) is 1. The first-order chi connectivity index (χ1) is 9.53. The number of aliphatic hydroxyl groups is 1. The summed E-state index contributed by atoms with van der Waals surface area (Å²) in [5.41, 5.74) is 5.04. The second-order valence-corrected chi connectivity index (χ2v) is 8.78. The van der Waals surface area contributed by atoms with Gasteiger partial charge in [-0.1, -0.05) is 0 Å². The van der Waals surface area contributed by atoms with Crippen LogP contribution in [0.25, 0.3) is 0 Å². The van der Waals surface area contributed by atoms with Crippen LogP contribution in [0.15, 0.2) is 4.90 Å². The molecule has 6 nitrogen and oxygen atoms in total. The molecule has 1 unspecified atom stereocenters. The quantitative estimate of drug-likeness (QED) is 0.809. The molecule has 0 spiro atoms. The van der Waals surface area contributed by atoms with Crippen LogP contribution in [-0.4, -0.2) is 44.3 Å². The zero-order chi connectivity index (χ0) is 16.0. The van der Waals surface area contributed by atoms with E-state index in [9.17, 15) is 18.3 Å². The molecule has 1 aliphatic heterocycles. The summed E-state index contributed by atoms with van der Waals surface area (Å²) in [5.74, 6) is -0.252. The molecule has 1 aromatic rings. The van der Waals surface area contributed by atoms with Crippen LogP contribution in [0.2, 0.25) is 0 Å². The van der Waals surface area contributed by atoms with E-state index in [0.29, 0.717) is 24.5 Å². The Kier molecular flexibility index (Phi) is 4.07. The number of nitrogen functional groups attached to an aromatic ring is 1. The number of nitrogens with zero attached hydrogens (tertiary/aromatic N) is 1. The lowest BCUT2D eigenvalue weighted by molar-refractivity contribution is 0.0450. The number of sulfone groups is 1. The van der Waals surface area contributed by atoms with Crippen LogP contribution in [0.3, 0.4) is 0 Å². The maximum atomic E-state index is 12.0. The van der Waals surface area contributed by atoms with Crippen molar-refractivity contribution in [3.05, 3.63) is 4.88 Å². The molecule has 1 atom stereocenters. The molecule has 118 valence electrons. The van der Waals surface area contributed by atoms with Crippen LogP contribution in [0.5, 0.6) is 0 Å². The highest BCUT2D eigenvalue weighted by Gasteiger charge is 2.34. The van der Waals surface area contributed by atoms with Crippen molar-refractivity contribution in [3.63, 3.8) is 0 Å². The Morgan fingerprint density at radius 2 is 2.10 bits per heavy atom. The van der Waals surface area contributed by atoms with Gasteiger partial charge in [-0.3, -0.25) is 4.79 Å². The van der Waals surface area contributed by atoms with Gasteiger partial charge < -0.3 is 15.7 Å². The van der Waals surface area contributed by atoms with E-state index in [1.165, 1.54) is 6.92 Å². The first-order valence-corrected chi connectivity index (χ1v) is 9.34. The molecule has 1 aromatic heterocycles. The normalized spacial score (nSPS) is 23.3. The average molecular weight is 332 g/mol. The van der Waals surface area contributed by atoms with E-state index in [-0.39, 0.29) is 21.2 Å². The minimum Gasteiger partial charge on any atom is -0.396 e. The van der Waals surface area contributed by atoms with Crippen LogP contribution in [0.1, 0.15) is 36.4 Å². The molecule has 0 radical (unpaired) electrons. The van der Waals surface area contributed by atoms with Crippen molar-refractivity contribution in [3.8, 4) is 0 Å². The van der Waals surface area contributed by atoms with Gasteiger partial charge in [-0.25, -0.2) is 8.42 Å². The molecule has 1 fully saturated rings. The SMILES string of the molecule is CC(=O)c1sc(N2CCCC(C)(O)C2)c(S(C)(=O)=O)c1N. The molecular formula is C13H20N2O4S2. The van der Waals surface area contributed by atoms with Crippen LogP contribution in [0, 0.1) is 0 Å². The summed E-state index contributed by atoms with van der Waals surface area (Å²) in [7, 11) is -3.55. The zero-order valence-electron chi connectivity index (χ0n) is 12.3. The number of Topliss-reactive ketones (excluding diaryl/α,β-unsaturated/α-hetero) is 1. The Morgan fingerprint density at radius 1 is 1.48 bits per heavy atom. The number of rotatable bonds is 3. The monoisotopic (exact) mass is 332 g/mol. The van der Waals surface area contributed by atoms with Gasteiger partial charge in [0.25, 0.3) is 0 Å². The second-order valence-electron chi connectivity index (χ2n) is 5.83. The van der Waals surface area contributed by atoms with Crippen molar-refractivity contribution in [2.75, 3.05) is 30.0 Å². The predicted molar refractivity (Wildman–Crippen MR) is 83.9 cm³/mol. The molecule has 0 bridgehead atoms. The Balaban J connectivity index is 2.58. The highest BCUT2D eigenvalue weighted by molar-refractivity contribution is 7.91. The number of hydrogen-bond acceptors (Lipinski definition) is 7. The Labute approximate surface area is 128 Å². The van der Waals surface area contributed by atoms with E-state index in [1.807, 2.05) is 4.90 Å². The molecule has 0 aromatic carbocycles. The first kappa shape index (κ1) is 16.3. The largest absolute Gasteiger partial charge is 0.396 e. The van der Waals surface area contributed by atoms with Crippen molar-refractivity contribution < 1.29 is 18.3 Å². The summed E-state index contributed by atoms with van der Waals surface area (Å²) in [6.45, 7) is 4.05. The number of β-amino-alcohol motifs (C(OH)–C–C–N with tert-alkyl or cyclic N) is 1. The zero-order valence-corrected chi connectivity index (χ0v) is 14.0. The average Bonchev–Trinajstić information content (AvgIpc) is 2.65. The third-order valence-electron chi connectivity index (χ3n) is 3.53. The van der Waals surface area contributed by atoms with E-state index >= 15 is 0 Å². The summed E-state index contributed by atoms with van der Waals surface area (Å²) in [6.07, 6.45) is 2.50. The van der Waals surface area contributed by atoms with Gasteiger partial charge in [-0.2, -0.15) is 0 Å². The van der Waals surface area contributed by atoms with Gasteiger partial charge in [0.15, 0.2) is 15.6 Å². The fourth-order valence-corrected chi connectivity index (χ4v) is 5.27. The molecule has 2 heterocycles. The number of hydrogen-bond donors (Lipinski definition) is 2.